The van der Waals surface area contributed by atoms with Crippen molar-refractivity contribution in [2.75, 3.05) is 13.1 Å². The molecule has 1 aromatic carbocycles. The first kappa shape index (κ1) is 23.2. The summed E-state index contributed by atoms with van der Waals surface area (Å²) in [5.74, 6) is -2.63. The first-order valence-corrected chi connectivity index (χ1v) is 10.0. The van der Waals surface area contributed by atoms with Crippen LogP contribution in [0.25, 0.3) is 5.69 Å². The minimum atomic E-state index is -4.52. The van der Waals surface area contributed by atoms with Crippen LogP contribution >= 0.6 is 0 Å². The number of alkyl halides is 3. The van der Waals surface area contributed by atoms with Gasteiger partial charge in [-0.15, -0.1) is 0 Å². The normalized spacial score (nSPS) is 14.6. The molecule has 2 aromatic rings. The predicted octanol–water partition coefficient (Wildman–Crippen LogP) is 3.89. The van der Waals surface area contributed by atoms with Gasteiger partial charge in [-0.25, -0.2) is 9.69 Å². The van der Waals surface area contributed by atoms with Gasteiger partial charge < -0.3 is 4.57 Å². The molecule has 0 atom stereocenters. The van der Waals surface area contributed by atoms with Gasteiger partial charge in [0.1, 0.15) is 0 Å². The predicted molar refractivity (Wildman–Crippen MR) is 108 cm³/mol. The highest BCUT2D eigenvalue weighted by molar-refractivity contribution is 6.45. The molecule has 1 aromatic heterocycles. The summed E-state index contributed by atoms with van der Waals surface area (Å²) in [6, 6.07) is 5.34. The number of ketones is 1. The van der Waals surface area contributed by atoms with Gasteiger partial charge in [0.2, 0.25) is 0 Å². The summed E-state index contributed by atoms with van der Waals surface area (Å²) in [6.45, 7) is 4.53. The third-order valence-electron chi connectivity index (χ3n) is 5.34. The fourth-order valence-corrected chi connectivity index (χ4v) is 3.70. The number of carbonyl (C=O) groups is 4. The Labute approximate surface area is 182 Å². The Morgan fingerprint density at radius 2 is 1.66 bits per heavy atom. The van der Waals surface area contributed by atoms with Gasteiger partial charge in [-0.05, 0) is 44.5 Å². The second kappa shape index (κ2) is 8.60. The number of aromatic nitrogens is 1. The van der Waals surface area contributed by atoms with E-state index in [0.717, 1.165) is 17.0 Å². The van der Waals surface area contributed by atoms with E-state index >= 15 is 0 Å². The zero-order valence-corrected chi connectivity index (χ0v) is 17.8. The van der Waals surface area contributed by atoms with Crippen molar-refractivity contribution in [1.82, 2.24) is 14.4 Å². The van der Waals surface area contributed by atoms with Gasteiger partial charge in [0.25, 0.3) is 0 Å². The maximum Gasteiger partial charge on any atom is 0.416 e. The number of rotatable bonds is 7. The van der Waals surface area contributed by atoms with Crippen LogP contribution < -0.4 is 0 Å². The van der Waals surface area contributed by atoms with Crippen LogP contribution in [0.4, 0.5) is 18.0 Å². The second-order valence-corrected chi connectivity index (χ2v) is 7.58. The van der Waals surface area contributed by atoms with Crippen LogP contribution in [0.2, 0.25) is 0 Å². The summed E-state index contributed by atoms with van der Waals surface area (Å²) in [4.78, 5) is 51.1. The molecule has 0 spiro atoms. The van der Waals surface area contributed by atoms with E-state index in [-0.39, 0.29) is 17.8 Å². The molecule has 0 aliphatic carbocycles. The van der Waals surface area contributed by atoms with E-state index in [2.05, 4.69) is 0 Å². The topological polar surface area (TPSA) is 79.7 Å². The molecule has 1 aliphatic heterocycles. The minimum absolute atomic E-state index is 0.0919. The van der Waals surface area contributed by atoms with Crippen molar-refractivity contribution < 1.29 is 32.3 Å². The van der Waals surface area contributed by atoms with E-state index in [9.17, 15) is 32.3 Å². The van der Waals surface area contributed by atoms with Gasteiger partial charge >= 0.3 is 24.0 Å². The van der Waals surface area contributed by atoms with Crippen LogP contribution in [0.1, 0.15) is 47.1 Å². The first-order valence-electron chi connectivity index (χ1n) is 10.0. The molecular weight excluding hydrogens is 427 g/mol. The van der Waals surface area contributed by atoms with Gasteiger partial charge in [-0.1, -0.05) is 19.4 Å². The maximum absolute atomic E-state index is 13.1. The maximum atomic E-state index is 13.1. The molecule has 4 amide bonds. The molecule has 7 nitrogen and oxygen atoms in total. The summed E-state index contributed by atoms with van der Waals surface area (Å²) in [5.41, 5.74) is 0.419. The van der Waals surface area contributed by atoms with Crippen molar-refractivity contribution in [3.05, 3.63) is 52.8 Å². The fourth-order valence-electron chi connectivity index (χ4n) is 3.70. The highest BCUT2D eigenvalue weighted by Crippen LogP contribution is 2.31. The molecule has 0 unspecified atom stereocenters. The Morgan fingerprint density at radius 3 is 2.28 bits per heavy atom. The lowest BCUT2D eigenvalue weighted by atomic mass is 10.1. The van der Waals surface area contributed by atoms with Crippen molar-refractivity contribution in [3.8, 4) is 5.69 Å². The van der Waals surface area contributed by atoms with Crippen molar-refractivity contribution in [2.45, 2.75) is 39.8 Å². The molecule has 170 valence electrons. The zero-order chi connectivity index (χ0) is 23.8. The van der Waals surface area contributed by atoms with Crippen LogP contribution in [-0.4, -0.2) is 51.1 Å². The summed E-state index contributed by atoms with van der Waals surface area (Å²) in [6.07, 6.45) is -3.27. The van der Waals surface area contributed by atoms with Crippen molar-refractivity contribution in [3.63, 3.8) is 0 Å². The molecule has 2 heterocycles. The molecule has 1 fully saturated rings. The number of hydrogen-bond donors (Lipinski definition) is 0. The molecule has 1 saturated heterocycles. The Balaban J connectivity index is 1.88. The van der Waals surface area contributed by atoms with Gasteiger partial charge in [0.15, 0.2) is 5.78 Å². The standard InChI is InChI=1S/C22H22F3N3O4/c1-4-5-9-26-19(30)20(31)27(21(26)32)12-18(29)17-10-13(2)28(14(17)3)16-8-6-7-15(11-16)22(23,24)25/h6-8,10-11H,4-5,9,12H2,1-3H3. The number of amides is 4. The van der Waals surface area contributed by atoms with E-state index in [1.54, 1.807) is 13.8 Å². The Hall–Kier alpha value is -3.43. The lowest BCUT2D eigenvalue weighted by Gasteiger charge is -2.15. The van der Waals surface area contributed by atoms with Crippen molar-refractivity contribution >= 4 is 23.6 Å². The number of nitrogens with zero attached hydrogens (tertiary/aromatic N) is 3. The average Bonchev–Trinajstić information content (AvgIpc) is 3.14. The largest absolute Gasteiger partial charge is 0.416 e. The van der Waals surface area contributed by atoms with Crippen molar-refractivity contribution in [1.29, 1.82) is 0 Å². The van der Waals surface area contributed by atoms with E-state index in [1.165, 1.54) is 22.8 Å². The molecule has 0 saturated carbocycles. The quantitative estimate of drug-likeness (QED) is 0.365. The smallest absolute Gasteiger partial charge is 0.318 e. The molecule has 0 radical (unpaired) electrons. The van der Waals surface area contributed by atoms with Gasteiger partial charge in [-0.3, -0.25) is 19.3 Å². The molecule has 3 rings (SSSR count). The molecule has 0 N–H and O–H groups in total. The summed E-state index contributed by atoms with van der Waals surface area (Å²) < 4.78 is 40.8. The number of benzene rings is 1. The van der Waals surface area contributed by atoms with Crippen LogP contribution in [0.15, 0.2) is 30.3 Å². The molecule has 0 bridgehead atoms. The number of unbranched alkanes of at least 4 members (excludes halogenated alkanes) is 1. The van der Waals surface area contributed by atoms with Crippen LogP contribution in [0.3, 0.4) is 0 Å². The number of halogens is 3. The summed E-state index contributed by atoms with van der Waals surface area (Å²) in [5, 5.41) is 0. The monoisotopic (exact) mass is 449 g/mol. The third kappa shape index (κ3) is 4.17. The van der Waals surface area contributed by atoms with E-state index in [4.69, 9.17) is 0 Å². The Kier molecular flexibility index (Phi) is 6.25. The van der Waals surface area contributed by atoms with E-state index in [0.29, 0.717) is 29.1 Å². The Bertz CT molecular complexity index is 1100. The zero-order valence-electron chi connectivity index (χ0n) is 17.8. The molecular formula is C22H22F3N3O4. The number of carbonyl (C=O) groups excluding carboxylic acids is 4. The van der Waals surface area contributed by atoms with Crippen molar-refractivity contribution in [2.24, 2.45) is 0 Å². The second-order valence-electron chi connectivity index (χ2n) is 7.58. The summed E-state index contributed by atoms with van der Waals surface area (Å²) in [7, 11) is 0. The Morgan fingerprint density at radius 1 is 1.00 bits per heavy atom. The van der Waals surface area contributed by atoms with Crippen LogP contribution in [0, 0.1) is 13.8 Å². The fraction of sp³-hybridized carbons (Fsp3) is 0.364. The lowest BCUT2D eigenvalue weighted by molar-refractivity contribution is -0.143. The molecule has 10 heteroatoms. The van der Waals surface area contributed by atoms with Crippen LogP contribution in [0.5, 0.6) is 0 Å². The first-order chi connectivity index (χ1) is 15.0. The number of imide groups is 2. The SMILES string of the molecule is CCCCN1C(=O)C(=O)N(CC(=O)c2cc(C)n(-c3cccc(C(F)(F)F)c3)c2C)C1=O. The van der Waals surface area contributed by atoms with Gasteiger partial charge in [0, 0.05) is 29.2 Å². The van der Waals surface area contributed by atoms with E-state index < -0.39 is 41.9 Å². The van der Waals surface area contributed by atoms with E-state index in [1.807, 2.05) is 6.92 Å². The highest BCUT2D eigenvalue weighted by atomic mass is 19.4. The molecule has 1 aliphatic rings. The number of urea groups is 1. The van der Waals surface area contributed by atoms with Gasteiger partial charge in [-0.2, -0.15) is 13.2 Å². The average molecular weight is 449 g/mol. The lowest BCUT2D eigenvalue weighted by Crippen LogP contribution is -2.37. The van der Waals surface area contributed by atoms with Crippen LogP contribution in [-0.2, 0) is 15.8 Å². The molecule has 32 heavy (non-hydrogen) atoms. The highest BCUT2D eigenvalue weighted by Gasteiger charge is 2.45. The summed E-state index contributed by atoms with van der Waals surface area (Å²) >= 11 is 0. The third-order valence-corrected chi connectivity index (χ3v) is 5.34. The number of aryl methyl sites for hydroxylation is 1. The van der Waals surface area contributed by atoms with Gasteiger partial charge in [0.05, 0.1) is 12.1 Å². The number of Topliss-reactive ketones (excluding diaryl/α,β-unsaturated/α-hetero) is 1. The minimum Gasteiger partial charge on any atom is -0.318 e. The number of hydrogen-bond acceptors (Lipinski definition) is 4.